The number of sulfonamides is 1. The average Bonchev–Trinajstić information content (AvgIpc) is 3.27. The summed E-state index contributed by atoms with van der Waals surface area (Å²) in [7, 11) is -3.71. The molecule has 2 unspecified atom stereocenters. The smallest absolute Gasteiger partial charge is 0.240 e. The Kier molecular flexibility index (Phi) is 6.27. The van der Waals surface area contributed by atoms with Crippen molar-refractivity contribution in [3.63, 3.8) is 0 Å². The highest BCUT2D eigenvalue weighted by Crippen LogP contribution is 2.23. The fourth-order valence-electron chi connectivity index (χ4n) is 3.13. The van der Waals surface area contributed by atoms with E-state index in [4.69, 9.17) is 9.47 Å². The molecule has 0 amide bonds. The monoisotopic (exact) mass is 372 g/mol. The number of rotatable bonds is 8. The van der Waals surface area contributed by atoms with Gasteiger partial charge in [-0.25, -0.2) is 17.5 Å². The van der Waals surface area contributed by atoms with Crippen molar-refractivity contribution < 1.29 is 22.3 Å². The zero-order valence-corrected chi connectivity index (χ0v) is 15.0. The Morgan fingerprint density at radius 1 is 1.32 bits per heavy atom. The summed E-state index contributed by atoms with van der Waals surface area (Å²) in [5, 5.41) is 3.25. The van der Waals surface area contributed by atoms with Gasteiger partial charge in [-0.1, -0.05) is 0 Å². The van der Waals surface area contributed by atoms with Crippen molar-refractivity contribution in [2.45, 2.75) is 24.2 Å². The first kappa shape index (κ1) is 18.6. The van der Waals surface area contributed by atoms with Crippen LogP contribution in [0.1, 0.15) is 19.3 Å². The summed E-state index contributed by atoms with van der Waals surface area (Å²) in [5.41, 5.74) is 0. The summed E-state index contributed by atoms with van der Waals surface area (Å²) >= 11 is 0. The van der Waals surface area contributed by atoms with E-state index < -0.39 is 15.8 Å². The molecule has 2 atom stereocenters. The lowest BCUT2D eigenvalue weighted by Gasteiger charge is -2.13. The van der Waals surface area contributed by atoms with Crippen molar-refractivity contribution in [2.75, 3.05) is 39.5 Å². The lowest BCUT2D eigenvalue weighted by molar-refractivity contribution is 0.165. The van der Waals surface area contributed by atoms with E-state index in [0.29, 0.717) is 32.3 Å². The van der Waals surface area contributed by atoms with E-state index in [1.807, 2.05) is 0 Å². The highest BCUT2D eigenvalue weighted by atomic mass is 32.2. The molecular weight excluding hydrogens is 347 g/mol. The van der Waals surface area contributed by atoms with Gasteiger partial charge in [0.1, 0.15) is 0 Å². The molecule has 6 nitrogen and oxygen atoms in total. The number of ether oxygens (including phenoxy) is 2. The molecule has 0 spiro atoms. The molecule has 140 valence electrons. The van der Waals surface area contributed by atoms with Gasteiger partial charge in [0, 0.05) is 19.1 Å². The molecule has 0 saturated carbocycles. The van der Waals surface area contributed by atoms with Crippen LogP contribution in [-0.4, -0.2) is 47.9 Å². The Labute approximate surface area is 148 Å². The van der Waals surface area contributed by atoms with Crippen LogP contribution < -0.4 is 14.8 Å². The minimum Gasteiger partial charge on any atom is -0.490 e. The van der Waals surface area contributed by atoms with Gasteiger partial charge in [-0.2, -0.15) is 0 Å². The molecule has 2 aliphatic rings. The van der Waals surface area contributed by atoms with Gasteiger partial charge in [-0.15, -0.1) is 0 Å². The molecule has 8 heteroatoms. The van der Waals surface area contributed by atoms with E-state index in [0.717, 1.165) is 38.4 Å². The summed E-state index contributed by atoms with van der Waals surface area (Å²) in [6.45, 7) is 3.96. The summed E-state index contributed by atoms with van der Waals surface area (Å²) in [4.78, 5) is -0.0777. The van der Waals surface area contributed by atoms with Crippen LogP contribution in [0, 0.1) is 17.7 Å². The molecule has 2 heterocycles. The highest BCUT2D eigenvalue weighted by molar-refractivity contribution is 7.89. The molecule has 2 saturated heterocycles. The van der Waals surface area contributed by atoms with Gasteiger partial charge in [0.05, 0.1) is 18.1 Å². The quantitative estimate of drug-likeness (QED) is 0.724. The van der Waals surface area contributed by atoms with E-state index in [2.05, 4.69) is 10.0 Å². The van der Waals surface area contributed by atoms with Gasteiger partial charge in [-0.05, 0) is 56.5 Å². The molecule has 2 fully saturated rings. The number of hydrogen-bond donors (Lipinski definition) is 2. The zero-order chi connectivity index (χ0) is 17.7. The molecular formula is C17H25FN2O4S. The molecule has 0 bridgehead atoms. The molecule has 2 N–H and O–H groups in total. The molecule has 0 radical (unpaired) electrons. The molecule has 3 rings (SSSR count). The standard InChI is InChI=1S/C17H25FN2O4S/c18-16-9-15(1-2-17(16)24-12-14-5-8-23-11-14)25(21,22)20-7-4-13-3-6-19-10-13/h1-2,9,13-14,19-20H,3-8,10-12H2. The second-order valence-corrected chi connectivity index (χ2v) is 8.45. The first-order valence-electron chi connectivity index (χ1n) is 8.75. The van der Waals surface area contributed by atoms with E-state index >= 15 is 0 Å². The van der Waals surface area contributed by atoms with Crippen LogP contribution in [0.25, 0.3) is 0 Å². The topological polar surface area (TPSA) is 76.7 Å². The summed E-state index contributed by atoms with van der Waals surface area (Å²) in [6, 6.07) is 3.77. The third-order valence-electron chi connectivity index (χ3n) is 4.72. The third kappa shape index (κ3) is 5.13. The largest absolute Gasteiger partial charge is 0.490 e. The average molecular weight is 372 g/mol. The van der Waals surface area contributed by atoms with E-state index in [1.54, 1.807) is 0 Å². The molecule has 2 aliphatic heterocycles. The van der Waals surface area contributed by atoms with Crippen LogP contribution >= 0.6 is 0 Å². The lowest BCUT2D eigenvalue weighted by atomic mass is 10.1. The Morgan fingerprint density at radius 3 is 2.88 bits per heavy atom. The maximum Gasteiger partial charge on any atom is 0.240 e. The second-order valence-electron chi connectivity index (χ2n) is 6.68. The predicted molar refractivity (Wildman–Crippen MR) is 91.6 cm³/mol. The van der Waals surface area contributed by atoms with Gasteiger partial charge in [0.2, 0.25) is 10.0 Å². The maximum atomic E-state index is 14.2. The van der Waals surface area contributed by atoms with Crippen molar-refractivity contribution in [2.24, 2.45) is 11.8 Å². The van der Waals surface area contributed by atoms with Gasteiger partial charge >= 0.3 is 0 Å². The van der Waals surface area contributed by atoms with Crippen molar-refractivity contribution in [1.29, 1.82) is 0 Å². The Hall–Kier alpha value is -1.22. The minimum absolute atomic E-state index is 0.0721. The normalized spacial score (nSPS) is 23.9. The Morgan fingerprint density at radius 2 is 2.20 bits per heavy atom. The number of benzene rings is 1. The predicted octanol–water partition coefficient (Wildman–Crippen LogP) is 1.52. The van der Waals surface area contributed by atoms with Crippen molar-refractivity contribution in [3.8, 4) is 5.75 Å². The fraction of sp³-hybridized carbons (Fsp3) is 0.647. The van der Waals surface area contributed by atoms with Crippen LogP contribution in [-0.2, 0) is 14.8 Å². The van der Waals surface area contributed by atoms with E-state index in [-0.39, 0.29) is 16.6 Å². The fourth-order valence-corrected chi connectivity index (χ4v) is 4.19. The lowest BCUT2D eigenvalue weighted by Crippen LogP contribution is -2.26. The van der Waals surface area contributed by atoms with Crippen LogP contribution in [0.15, 0.2) is 23.1 Å². The number of nitrogens with one attached hydrogen (secondary N) is 2. The minimum atomic E-state index is -3.71. The number of hydrogen-bond acceptors (Lipinski definition) is 5. The summed E-state index contributed by atoms with van der Waals surface area (Å²) in [6.07, 6.45) is 2.74. The van der Waals surface area contributed by atoms with Gasteiger partial charge in [0.25, 0.3) is 0 Å². The highest BCUT2D eigenvalue weighted by Gasteiger charge is 2.20. The van der Waals surface area contributed by atoms with Crippen molar-refractivity contribution in [3.05, 3.63) is 24.0 Å². The first-order valence-corrected chi connectivity index (χ1v) is 10.2. The van der Waals surface area contributed by atoms with Crippen LogP contribution in [0.3, 0.4) is 0 Å². The first-order chi connectivity index (χ1) is 12.0. The summed E-state index contributed by atoms with van der Waals surface area (Å²) < 4.78 is 52.0. The van der Waals surface area contributed by atoms with E-state index in [9.17, 15) is 12.8 Å². The maximum absolute atomic E-state index is 14.2. The van der Waals surface area contributed by atoms with Crippen LogP contribution in [0.2, 0.25) is 0 Å². The molecule has 25 heavy (non-hydrogen) atoms. The Balaban J connectivity index is 1.54. The molecule has 0 aliphatic carbocycles. The van der Waals surface area contributed by atoms with Crippen molar-refractivity contribution in [1.82, 2.24) is 10.0 Å². The van der Waals surface area contributed by atoms with E-state index in [1.165, 1.54) is 12.1 Å². The van der Waals surface area contributed by atoms with Gasteiger partial charge in [-0.3, -0.25) is 0 Å². The number of halogens is 1. The van der Waals surface area contributed by atoms with Crippen molar-refractivity contribution >= 4 is 10.0 Å². The molecule has 1 aromatic carbocycles. The molecule has 0 aromatic heterocycles. The summed E-state index contributed by atoms with van der Waals surface area (Å²) in [5.74, 6) is 0.161. The van der Waals surface area contributed by atoms with Crippen LogP contribution in [0.4, 0.5) is 4.39 Å². The van der Waals surface area contributed by atoms with Gasteiger partial charge in [0.15, 0.2) is 11.6 Å². The zero-order valence-electron chi connectivity index (χ0n) is 14.2. The molecule has 1 aromatic rings. The van der Waals surface area contributed by atoms with Gasteiger partial charge < -0.3 is 14.8 Å². The van der Waals surface area contributed by atoms with Crippen LogP contribution in [0.5, 0.6) is 5.75 Å². The SMILES string of the molecule is O=S(=O)(NCCC1CCNC1)c1ccc(OCC2CCOC2)c(F)c1. The third-order valence-corrected chi connectivity index (χ3v) is 6.18. The second kappa shape index (κ2) is 8.44. The Bertz CT molecular complexity index is 671.